The van der Waals surface area contributed by atoms with Gasteiger partial charge in [0, 0.05) is 16.3 Å². The van der Waals surface area contributed by atoms with Gasteiger partial charge in [-0.25, -0.2) is 4.98 Å². The van der Waals surface area contributed by atoms with Crippen LogP contribution in [0.25, 0.3) is 76.7 Å². The van der Waals surface area contributed by atoms with Gasteiger partial charge in [-0.2, -0.15) is 10.5 Å². The number of hydrogen-bond acceptors (Lipinski definition) is 3. The molecule has 0 bridgehead atoms. The molecule has 0 N–H and O–H groups in total. The van der Waals surface area contributed by atoms with Crippen molar-refractivity contribution in [3.8, 4) is 45.6 Å². The second kappa shape index (κ2) is 10.2. The molecule has 0 aliphatic heterocycles. The Morgan fingerprint density at radius 3 is 1.55 bits per heavy atom. The van der Waals surface area contributed by atoms with Gasteiger partial charge >= 0.3 is 0 Å². The van der Waals surface area contributed by atoms with E-state index in [0.29, 0.717) is 11.1 Å². The first-order chi connectivity index (χ1) is 21.7. The highest BCUT2D eigenvalue weighted by molar-refractivity contribution is 6.22. The second-order valence-electron chi connectivity index (χ2n) is 11.0. The van der Waals surface area contributed by atoms with E-state index < -0.39 is 0 Å². The van der Waals surface area contributed by atoms with Crippen LogP contribution in [0, 0.1) is 22.7 Å². The van der Waals surface area contributed by atoms with E-state index in [0.717, 1.165) is 71.3 Å². The Labute approximate surface area is 254 Å². The minimum Gasteiger partial charge on any atom is -0.247 e. The van der Waals surface area contributed by atoms with Gasteiger partial charge in [-0.15, -0.1) is 0 Å². The molecular formula is C41H23N3. The fourth-order valence-electron chi connectivity index (χ4n) is 6.40. The molecule has 0 fully saturated rings. The molecule has 0 radical (unpaired) electrons. The van der Waals surface area contributed by atoms with Gasteiger partial charge in [0.05, 0.1) is 34.5 Å². The van der Waals surface area contributed by atoms with Crippen LogP contribution in [-0.4, -0.2) is 4.98 Å². The van der Waals surface area contributed by atoms with Crippen molar-refractivity contribution in [1.29, 1.82) is 10.5 Å². The average Bonchev–Trinajstić information content (AvgIpc) is 3.10. The summed E-state index contributed by atoms with van der Waals surface area (Å²) < 4.78 is 0. The predicted octanol–water partition coefficient (Wildman–Crippen LogP) is 10.4. The Balaban J connectivity index is 1.45. The molecule has 0 aliphatic carbocycles. The first kappa shape index (κ1) is 25.4. The van der Waals surface area contributed by atoms with Crippen molar-refractivity contribution in [2.24, 2.45) is 0 Å². The van der Waals surface area contributed by atoms with Crippen LogP contribution in [0.15, 0.2) is 140 Å². The smallest absolute Gasteiger partial charge is 0.0991 e. The van der Waals surface area contributed by atoms with E-state index >= 15 is 0 Å². The molecule has 0 spiro atoms. The van der Waals surface area contributed by atoms with Gasteiger partial charge in [-0.1, -0.05) is 103 Å². The maximum Gasteiger partial charge on any atom is 0.0991 e. The van der Waals surface area contributed by atoms with Crippen molar-refractivity contribution in [1.82, 2.24) is 4.98 Å². The van der Waals surface area contributed by atoms with E-state index in [9.17, 15) is 10.5 Å². The van der Waals surface area contributed by atoms with Gasteiger partial charge in [0.25, 0.3) is 0 Å². The molecule has 202 valence electrons. The monoisotopic (exact) mass is 557 g/mol. The van der Waals surface area contributed by atoms with Crippen LogP contribution in [0.2, 0.25) is 0 Å². The Kier molecular flexibility index (Phi) is 5.90. The fourth-order valence-corrected chi connectivity index (χ4v) is 6.40. The lowest BCUT2D eigenvalue weighted by Crippen LogP contribution is -1.93. The van der Waals surface area contributed by atoms with Gasteiger partial charge in [-0.05, 0) is 85.6 Å². The summed E-state index contributed by atoms with van der Waals surface area (Å²) in [5.74, 6) is 0. The van der Waals surface area contributed by atoms with E-state index in [4.69, 9.17) is 4.98 Å². The molecule has 3 nitrogen and oxygen atoms in total. The Hall–Kier alpha value is -6.29. The number of pyridine rings is 1. The zero-order chi connectivity index (χ0) is 29.6. The molecule has 0 saturated heterocycles. The fraction of sp³-hybridized carbons (Fsp3) is 0. The van der Waals surface area contributed by atoms with Crippen LogP contribution in [0.5, 0.6) is 0 Å². The molecule has 0 amide bonds. The Morgan fingerprint density at radius 1 is 0.409 bits per heavy atom. The summed E-state index contributed by atoms with van der Waals surface area (Å²) in [7, 11) is 0. The second-order valence-corrected chi connectivity index (χ2v) is 11.0. The van der Waals surface area contributed by atoms with Crippen LogP contribution >= 0.6 is 0 Å². The Morgan fingerprint density at radius 2 is 0.909 bits per heavy atom. The quantitative estimate of drug-likeness (QED) is 0.160. The van der Waals surface area contributed by atoms with Crippen LogP contribution in [0.3, 0.4) is 0 Å². The lowest BCUT2D eigenvalue weighted by Gasteiger charge is -2.19. The largest absolute Gasteiger partial charge is 0.247 e. The zero-order valence-corrected chi connectivity index (χ0v) is 23.6. The van der Waals surface area contributed by atoms with Crippen molar-refractivity contribution in [2.45, 2.75) is 0 Å². The number of rotatable bonds is 3. The molecule has 44 heavy (non-hydrogen) atoms. The highest BCUT2D eigenvalue weighted by atomic mass is 14.7. The van der Waals surface area contributed by atoms with E-state index in [2.05, 4.69) is 103 Å². The number of nitriles is 2. The summed E-state index contributed by atoms with van der Waals surface area (Å²) in [5.41, 5.74) is 8.54. The summed E-state index contributed by atoms with van der Waals surface area (Å²) in [4.78, 5) is 5.20. The van der Waals surface area contributed by atoms with Crippen molar-refractivity contribution in [3.05, 3.63) is 151 Å². The standard InChI is InChI=1S/C41H23N3/c42-24-26-9-13-29(14-10-26)39-34-7-3-4-8-35(34)40(30-15-11-27(25-43)12-16-30)37-23-32(19-21-36(37)39)38-22-20-31-18-17-28-5-1-2-6-33(28)41(31)44-38/h1-23H. The number of hydrogen-bond donors (Lipinski definition) is 0. The highest BCUT2D eigenvalue weighted by Gasteiger charge is 2.18. The maximum absolute atomic E-state index is 9.47. The molecule has 7 aromatic carbocycles. The molecule has 1 aromatic heterocycles. The summed E-state index contributed by atoms with van der Waals surface area (Å²) in [5, 5.41) is 26.8. The van der Waals surface area contributed by atoms with Crippen LogP contribution < -0.4 is 0 Å². The van der Waals surface area contributed by atoms with Gasteiger partial charge in [0.1, 0.15) is 0 Å². The summed E-state index contributed by atoms with van der Waals surface area (Å²) >= 11 is 0. The Bertz CT molecular complexity index is 2490. The molecule has 3 heteroatoms. The molecular weight excluding hydrogens is 534 g/mol. The van der Waals surface area contributed by atoms with E-state index in [1.165, 1.54) is 5.39 Å². The summed E-state index contributed by atoms with van der Waals surface area (Å²) in [6.45, 7) is 0. The summed E-state index contributed by atoms with van der Waals surface area (Å²) in [6.07, 6.45) is 0. The highest BCUT2D eigenvalue weighted by Crippen LogP contribution is 2.45. The molecule has 0 aliphatic rings. The topological polar surface area (TPSA) is 60.5 Å². The first-order valence-electron chi connectivity index (χ1n) is 14.5. The molecule has 1 heterocycles. The number of nitrogens with zero attached hydrogens (tertiary/aromatic N) is 3. The first-order valence-corrected chi connectivity index (χ1v) is 14.5. The SMILES string of the molecule is N#Cc1ccc(-c2c3ccccc3c(-c3ccc(C#N)cc3)c3cc(-c4ccc5ccc6ccccc6c5n4)ccc23)cc1. The predicted molar refractivity (Wildman–Crippen MR) is 180 cm³/mol. The van der Waals surface area contributed by atoms with Gasteiger partial charge in [-0.3, -0.25) is 0 Å². The third-order valence-corrected chi connectivity index (χ3v) is 8.51. The molecule has 8 rings (SSSR count). The number of fused-ring (bicyclic) bond motifs is 5. The third kappa shape index (κ3) is 4.08. The molecule has 0 saturated carbocycles. The zero-order valence-electron chi connectivity index (χ0n) is 23.6. The minimum atomic E-state index is 0.629. The number of benzene rings is 7. The van der Waals surface area contributed by atoms with E-state index in [1.54, 1.807) is 0 Å². The summed E-state index contributed by atoms with van der Waals surface area (Å²) in [6, 6.07) is 52.1. The number of aromatic nitrogens is 1. The van der Waals surface area contributed by atoms with Crippen molar-refractivity contribution in [3.63, 3.8) is 0 Å². The van der Waals surface area contributed by atoms with Gasteiger partial charge in [0.2, 0.25) is 0 Å². The molecule has 8 aromatic rings. The van der Waals surface area contributed by atoms with E-state index in [-0.39, 0.29) is 0 Å². The normalized spacial score (nSPS) is 11.1. The van der Waals surface area contributed by atoms with Gasteiger partial charge in [0.15, 0.2) is 0 Å². The third-order valence-electron chi connectivity index (χ3n) is 8.51. The minimum absolute atomic E-state index is 0.629. The van der Waals surface area contributed by atoms with Crippen LogP contribution in [0.4, 0.5) is 0 Å². The lowest BCUT2D eigenvalue weighted by atomic mass is 9.85. The van der Waals surface area contributed by atoms with Crippen LogP contribution in [-0.2, 0) is 0 Å². The van der Waals surface area contributed by atoms with Crippen molar-refractivity contribution < 1.29 is 0 Å². The van der Waals surface area contributed by atoms with Crippen molar-refractivity contribution >= 4 is 43.2 Å². The molecule has 0 atom stereocenters. The maximum atomic E-state index is 9.47. The van der Waals surface area contributed by atoms with E-state index in [1.807, 2.05) is 48.5 Å². The van der Waals surface area contributed by atoms with Crippen molar-refractivity contribution in [2.75, 3.05) is 0 Å². The molecule has 0 unspecified atom stereocenters. The van der Waals surface area contributed by atoms with Gasteiger partial charge < -0.3 is 0 Å². The average molecular weight is 558 g/mol. The van der Waals surface area contributed by atoms with Crippen LogP contribution in [0.1, 0.15) is 11.1 Å². The lowest BCUT2D eigenvalue weighted by molar-refractivity contribution is 1.42.